The molecule has 6 heteroatoms. The van der Waals surface area contributed by atoms with Crippen LogP contribution in [0.3, 0.4) is 0 Å². The molecule has 1 aromatic heterocycles. The first-order valence-electron chi connectivity index (χ1n) is 5.27. The lowest BCUT2D eigenvalue weighted by atomic mass is 10.1. The van der Waals surface area contributed by atoms with E-state index >= 15 is 0 Å². The van der Waals surface area contributed by atoms with Crippen LogP contribution < -0.4 is 5.56 Å². The molecule has 0 spiro atoms. The molecule has 2 aromatic rings. The summed E-state index contributed by atoms with van der Waals surface area (Å²) < 4.78 is 39.4. The zero-order valence-corrected chi connectivity index (χ0v) is 9.43. The molecule has 94 valence electrons. The van der Waals surface area contributed by atoms with Crippen molar-refractivity contribution < 1.29 is 13.2 Å². The van der Waals surface area contributed by atoms with Gasteiger partial charge in [-0.05, 0) is 12.1 Å². The molecule has 0 radical (unpaired) electrons. The van der Waals surface area contributed by atoms with Gasteiger partial charge in [-0.25, -0.2) is 18.2 Å². The number of hydrogen-bond acceptors (Lipinski definition) is 2. The van der Waals surface area contributed by atoms with E-state index in [4.69, 9.17) is 0 Å². The van der Waals surface area contributed by atoms with E-state index in [1.54, 1.807) is 6.92 Å². The lowest BCUT2D eigenvalue weighted by Gasteiger charge is -2.05. The fourth-order valence-electron chi connectivity index (χ4n) is 1.54. The minimum Gasteiger partial charge on any atom is -0.311 e. The Kier molecular flexibility index (Phi) is 3.18. The fraction of sp³-hybridized carbons (Fsp3) is 0.167. The number of aryl methyl sites for hydroxylation is 1. The van der Waals surface area contributed by atoms with Crippen molar-refractivity contribution in [2.75, 3.05) is 0 Å². The molecule has 0 aliphatic carbocycles. The molecule has 0 unspecified atom stereocenters. The molecule has 3 nitrogen and oxygen atoms in total. The summed E-state index contributed by atoms with van der Waals surface area (Å²) in [6.45, 7) is 1.75. The number of halogens is 3. The van der Waals surface area contributed by atoms with Gasteiger partial charge in [0.15, 0.2) is 17.5 Å². The zero-order chi connectivity index (χ0) is 13.3. The summed E-state index contributed by atoms with van der Waals surface area (Å²) in [5, 5.41) is 0. The van der Waals surface area contributed by atoms with E-state index in [0.717, 1.165) is 18.2 Å². The molecular weight excluding hydrogens is 245 g/mol. The number of H-pyrrole nitrogens is 1. The second-order valence-electron chi connectivity index (χ2n) is 3.65. The van der Waals surface area contributed by atoms with Crippen LogP contribution in [0.1, 0.15) is 12.7 Å². The van der Waals surface area contributed by atoms with Crippen LogP contribution >= 0.6 is 0 Å². The highest BCUT2D eigenvalue weighted by Crippen LogP contribution is 2.23. The van der Waals surface area contributed by atoms with Crippen LogP contribution in [0.2, 0.25) is 0 Å². The molecule has 0 saturated carbocycles. The molecule has 2 rings (SSSR count). The van der Waals surface area contributed by atoms with Gasteiger partial charge in [0.25, 0.3) is 5.56 Å². The molecule has 1 aromatic carbocycles. The number of aromatic nitrogens is 2. The lowest BCUT2D eigenvalue weighted by molar-refractivity contribution is 0.448. The Labute approximate surface area is 100 Å². The molecule has 18 heavy (non-hydrogen) atoms. The van der Waals surface area contributed by atoms with E-state index < -0.39 is 23.0 Å². The Balaban J connectivity index is 2.66. The summed E-state index contributed by atoms with van der Waals surface area (Å²) >= 11 is 0. The maximum Gasteiger partial charge on any atom is 0.251 e. The van der Waals surface area contributed by atoms with Gasteiger partial charge in [0.1, 0.15) is 5.82 Å². The van der Waals surface area contributed by atoms with Crippen LogP contribution in [0.25, 0.3) is 11.3 Å². The number of aromatic amines is 1. The fourth-order valence-corrected chi connectivity index (χ4v) is 1.54. The van der Waals surface area contributed by atoms with Crippen molar-refractivity contribution in [1.29, 1.82) is 0 Å². The quantitative estimate of drug-likeness (QED) is 0.836. The Hall–Kier alpha value is -2.11. The summed E-state index contributed by atoms with van der Waals surface area (Å²) in [4.78, 5) is 17.7. The highest BCUT2D eigenvalue weighted by Gasteiger charge is 2.16. The number of nitrogens with one attached hydrogen (secondary N) is 1. The second-order valence-corrected chi connectivity index (χ2v) is 3.65. The third kappa shape index (κ3) is 2.13. The van der Waals surface area contributed by atoms with Crippen LogP contribution in [0.15, 0.2) is 23.0 Å². The molecular formula is C12H9F3N2O. The van der Waals surface area contributed by atoms with E-state index in [-0.39, 0.29) is 11.3 Å². The van der Waals surface area contributed by atoms with E-state index in [0.29, 0.717) is 12.2 Å². The summed E-state index contributed by atoms with van der Waals surface area (Å²) in [7, 11) is 0. The SMILES string of the molecule is CCc1nc(-c2ccc(F)c(F)c2F)cc(=O)[nH]1. The van der Waals surface area contributed by atoms with Gasteiger partial charge in [-0.15, -0.1) is 0 Å². The van der Waals surface area contributed by atoms with Crippen molar-refractivity contribution in [2.45, 2.75) is 13.3 Å². The van der Waals surface area contributed by atoms with E-state index in [2.05, 4.69) is 9.97 Å². The highest BCUT2D eigenvalue weighted by molar-refractivity contribution is 5.59. The maximum atomic E-state index is 13.5. The molecule has 0 saturated heterocycles. The van der Waals surface area contributed by atoms with Crippen molar-refractivity contribution >= 4 is 0 Å². The zero-order valence-electron chi connectivity index (χ0n) is 9.43. The van der Waals surface area contributed by atoms with Crippen LogP contribution in [0.5, 0.6) is 0 Å². The number of rotatable bonds is 2. The van der Waals surface area contributed by atoms with Crippen molar-refractivity contribution in [1.82, 2.24) is 9.97 Å². The largest absolute Gasteiger partial charge is 0.311 e. The first-order chi connectivity index (χ1) is 8.52. The van der Waals surface area contributed by atoms with Crippen LogP contribution in [0, 0.1) is 17.5 Å². The van der Waals surface area contributed by atoms with Crippen molar-refractivity contribution in [3.63, 3.8) is 0 Å². The minimum atomic E-state index is -1.58. The number of benzene rings is 1. The molecule has 1 heterocycles. The highest BCUT2D eigenvalue weighted by atomic mass is 19.2. The van der Waals surface area contributed by atoms with Gasteiger partial charge in [0.05, 0.1) is 5.69 Å². The van der Waals surface area contributed by atoms with Crippen molar-refractivity contribution in [3.8, 4) is 11.3 Å². The first-order valence-corrected chi connectivity index (χ1v) is 5.27. The van der Waals surface area contributed by atoms with E-state index in [1.165, 1.54) is 0 Å². The van der Waals surface area contributed by atoms with Gasteiger partial charge in [-0.1, -0.05) is 6.92 Å². The normalized spacial score (nSPS) is 10.7. The molecule has 0 aliphatic heterocycles. The van der Waals surface area contributed by atoms with E-state index in [1.807, 2.05) is 0 Å². The minimum absolute atomic E-state index is 0.0213. The second kappa shape index (κ2) is 4.64. The van der Waals surface area contributed by atoms with Gasteiger partial charge in [-0.3, -0.25) is 4.79 Å². The summed E-state index contributed by atoms with van der Waals surface area (Å²) in [5.41, 5.74) is -0.734. The summed E-state index contributed by atoms with van der Waals surface area (Å²) in [6.07, 6.45) is 0.439. The molecule has 0 aliphatic rings. The average Bonchev–Trinajstić information content (AvgIpc) is 2.35. The molecule has 0 bridgehead atoms. The molecule has 0 amide bonds. The van der Waals surface area contributed by atoms with Gasteiger partial charge in [0.2, 0.25) is 0 Å². The lowest BCUT2D eigenvalue weighted by Crippen LogP contribution is -2.11. The van der Waals surface area contributed by atoms with Crippen molar-refractivity contribution in [3.05, 3.63) is 51.8 Å². The third-order valence-electron chi connectivity index (χ3n) is 2.44. The predicted octanol–water partition coefficient (Wildman–Crippen LogP) is 2.42. The van der Waals surface area contributed by atoms with Crippen molar-refractivity contribution in [2.24, 2.45) is 0 Å². The Morgan fingerprint density at radius 3 is 2.61 bits per heavy atom. The van der Waals surface area contributed by atoms with Gasteiger partial charge < -0.3 is 4.98 Å². The van der Waals surface area contributed by atoms with Gasteiger partial charge >= 0.3 is 0 Å². The molecule has 1 N–H and O–H groups in total. The van der Waals surface area contributed by atoms with Crippen LogP contribution in [-0.2, 0) is 6.42 Å². The van der Waals surface area contributed by atoms with E-state index in [9.17, 15) is 18.0 Å². The average molecular weight is 254 g/mol. The van der Waals surface area contributed by atoms with Crippen LogP contribution in [-0.4, -0.2) is 9.97 Å². The summed E-state index contributed by atoms with van der Waals surface area (Å²) in [5.74, 6) is -3.86. The first kappa shape index (κ1) is 12.3. The predicted molar refractivity (Wildman–Crippen MR) is 59.5 cm³/mol. The molecule has 0 fully saturated rings. The Morgan fingerprint density at radius 1 is 1.22 bits per heavy atom. The van der Waals surface area contributed by atoms with Gasteiger partial charge in [-0.2, -0.15) is 0 Å². The summed E-state index contributed by atoms with van der Waals surface area (Å²) in [6, 6.07) is 2.88. The third-order valence-corrected chi connectivity index (χ3v) is 2.44. The topological polar surface area (TPSA) is 45.8 Å². The maximum absolute atomic E-state index is 13.5. The van der Waals surface area contributed by atoms with Crippen LogP contribution in [0.4, 0.5) is 13.2 Å². The molecule has 0 atom stereocenters. The smallest absolute Gasteiger partial charge is 0.251 e. The monoisotopic (exact) mass is 254 g/mol. The Morgan fingerprint density at radius 2 is 1.94 bits per heavy atom. The van der Waals surface area contributed by atoms with Gasteiger partial charge in [0, 0.05) is 18.1 Å². The standard InChI is InChI=1S/C12H9F3N2O/c1-2-9-16-8(5-10(18)17-9)6-3-4-7(13)12(15)11(6)14/h3-5H,2H2,1H3,(H,16,17,18). The Bertz CT molecular complexity index is 652. The number of nitrogens with zero attached hydrogens (tertiary/aromatic N) is 1. The number of hydrogen-bond donors (Lipinski definition) is 1.